The van der Waals surface area contributed by atoms with Crippen molar-refractivity contribution in [3.05, 3.63) is 82.9 Å². The minimum Gasteiger partial charge on any atom is -0.482 e. The molecule has 3 aromatic heterocycles. The van der Waals surface area contributed by atoms with E-state index in [4.69, 9.17) is 10.5 Å². The van der Waals surface area contributed by atoms with Crippen LogP contribution < -0.4 is 16.0 Å². The number of benzene rings is 1. The molecular formula is C26H26FN7O4. The van der Waals surface area contributed by atoms with Crippen LogP contribution in [0.2, 0.25) is 0 Å². The third kappa shape index (κ3) is 5.05. The van der Waals surface area contributed by atoms with Gasteiger partial charge in [0.2, 0.25) is 0 Å². The maximum absolute atomic E-state index is 14.1. The van der Waals surface area contributed by atoms with Gasteiger partial charge in [-0.3, -0.25) is 4.79 Å². The first-order valence-corrected chi connectivity index (χ1v) is 12.1. The first-order valence-electron chi connectivity index (χ1n) is 12.1. The van der Waals surface area contributed by atoms with Crippen LogP contribution in [0, 0.1) is 5.82 Å². The zero-order chi connectivity index (χ0) is 26.8. The van der Waals surface area contributed by atoms with Gasteiger partial charge in [-0.2, -0.15) is 15.0 Å². The number of hydrogen-bond donors (Lipinski definition) is 2. The lowest BCUT2D eigenvalue weighted by Gasteiger charge is -2.31. The topological polar surface area (TPSA) is 141 Å². The molecule has 1 fully saturated rings. The lowest BCUT2D eigenvalue weighted by molar-refractivity contribution is 0.125. The highest BCUT2D eigenvalue weighted by Crippen LogP contribution is 2.33. The molecule has 0 aliphatic carbocycles. The Morgan fingerprint density at radius 3 is 2.58 bits per heavy atom. The summed E-state index contributed by atoms with van der Waals surface area (Å²) in [5.74, 6) is 0.0268. The Hall–Kier alpha value is -4.74. The molecule has 1 aromatic carbocycles. The Morgan fingerprint density at radius 1 is 1.13 bits per heavy atom. The fraction of sp³-hybridized carbons (Fsp3) is 0.269. The van der Waals surface area contributed by atoms with Crippen molar-refractivity contribution in [1.29, 1.82) is 0 Å². The van der Waals surface area contributed by atoms with E-state index in [0.717, 1.165) is 5.56 Å². The maximum Gasteiger partial charge on any atom is 0.407 e. The predicted octanol–water partition coefficient (Wildman–Crippen LogP) is 3.67. The number of halogens is 1. The van der Waals surface area contributed by atoms with E-state index in [1.807, 2.05) is 0 Å². The maximum atomic E-state index is 14.1. The summed E-state index contributed by atoms with van der Waals surface area (Å²) < 4.78 is 21.9. The van der Waals surface area contributed by atoms with E-state index in [1.54, 1.807) is 42.1 Å². The van der Waals surface area contributed by atoms with Crippen molar-refractivity contribution in [3.8, 4) is 22.6 Å². The number of rotatable bonds is 6. The van der Waals surface area contributed by atoms with Gasteiger partial charge in [-0.25, -0.2) is 14.2 Å². The van der Waals surface area contributed by atoms with Gasteiger partial charge in [-0.15, -0.1) is 0 Å². The van der Waals surface area contributed by atoms with Crippen LogP contribution in [0.3, 0.4) is 0 Å². The number of nitrogens with zero attached hydrogens (tertiary/aromatic N) is 6. The fourth-order valence-corrected chi connectivity index (χ4v) is 4.63. The number of carboxylic acid groups (broad SMARTS) is 1. The molecule has 11 nitrogen and oxygen atoms in total. The number of nitrogens with two attached hydrogens (primary N) is 1. The molecule has 4 aromatic rings. The lowest BCUT2D eigenvalue weighted by atomic mass is 10.0. The van der Waals surface area contributed by atoms with Gasteiger partial charge in [0.05, 0.1) is 18.1 Å². The number of nitrogen functional groups attached to an aromatic ring is 1. The average molecular weight is 520 g/mol. The average Bonchev–Trinajstić information content (AvgIpc) is 3.45. The SMILES string of the molecule is C[C@@H](Oc1cc(-c2ccc(=O)n(C3CCN(C(=O)O)CC3)c2)cnc1N)c1cc(F)ccc1-n1nccn1. The molecule has 0 bridgehead atoms. The molecule has 0 unspecified atom stereocenters. The molecule has 0 spiro atoms. The molecule has 5 rings (SSSR count). The largest absolute Gasteiger partial charge is 0.482 e. The minimum atomic E-state index is -0.953. The summed E-state index contributed by atoms with van der Waals surface area (Å²) in [6, 6.07) is 9.05. The first kappa shape index (κ1) is 24.9. The Labute approximate surface area is 216 Å². The highest BCUT2D eigenvalue weighted by atomic mass is 19.1. The quantitative estimate of drug-likeness (QED) is 0.393. The Balaban J connectivity index is 1.41. The van der Waals surface area contributed by atoms with E-state index >= 15 is 0 Å². The number of pyridine rings is 2. The van der Waals surface area contributed by atoms with Crippen molar-refractivity contribution in [2.24, 2.45) is 0 Å². The Kier molecular flexibility index (Phi) is 6.77. The van der Waals surface area contributed by atoms with Crippen LogP contribution in [-0.4, -0.2) is 53.7 Å². The first-order chi connectivity index (χ1) is 18.3. The number of aromatic nitrogens is 5. The molecule has 38 heavy (non-hydrogen) atoms. The summed E-state index contributed by atoms with van der Waals surface area (Å²) in [5.41, 5.74) is 8.43. The Bertz CT molecular complexity index is 1510. The number of carbonyl (C=O) groups is 1. The molecule has 1 aliphatic rings. The van der Waals surface area contributed by atoms with Crippen molar-refractivity contribution in [1.82, 2.24) is 29.4 Å². The van der Waals surface area contributed by atoms with Gasteiger partial charge in [0.15, 0.2) is 11.6 Å². The molecule has 3 N–H and O–H groups in total. The van der Waals surface area contributed by atoms with Crippen LogP contribution in [0.25, 0.3) is 16.8 Å². The normalized spacial score (nSPS) is 14.8. The van der Waals surface area contributed by atoms with E-state index in [-0.39, 0.29) is 17.4 Å². The minimum absolute atomic E-state index is 0.113. The summed E-state index contributed by atoms with van der Waals surface area (Å²) in [6.07, 6.45) is 5.90. The van der Waals surface area contributed by atoms with Gasteiger partial charge in [-0.05, 0) is 55.7 Å². The predicted molar refractivity (Wildman–Crippen MR) is 137 cm³/mol. The van der Waals surface area contributed by atoms with Gasteiger partial charge in [0.1, 0.15) is 11.9 Å². The summed E-state index contributed by atoms with van der Waals surface area (Å²) in [4.78, 5) is 30.9. The standard InChI is InChI=1S/C26H26FN7O4/c1-16(21-13-19(27)3-4-22(21)34-30-8-9-31-34)38-23-12-18(14-29-25(23)28)17-2-5-24(35)33(15-17)20-6-10-32(11-7-20)26(36)37/h2-5,8-9,12-16,20H,6-7,10-11H2,1H3,(H2,28,29)(H,36,37)/t16-/m1/s1. The molecule has 12 heteroatoms. The van der Waals surface area contributed by atoms with Crippen molar-refractivity contribution < 1.29 is 19.0 Å². The molecule has 1 saturated heterocycles. The molecule has 1 amide bonds. The molecule has 4 heterocycles. The van der Waals surface area contributed by atoms with Crippen molar-refractivity contribution in [2.75, 3.05) is 18.8 Å². The number of amides is 1. The number of likely N-dealkylation sites (tertiary alicyclic amines) is 1. The molecule has 1 aliphatic heterocycles. The third-order valence-corrected chi connectivity index (χ3v) is 6.65. The third-order valence-electron chi connectivity index (χ3n) is 6.65. The zero-order valence-corrected chi connectivity index (χ0v) is 20.6. The number of ether oxygens (including phenoxy) is 1. The highest BCUT2D eigenvalue weighted by molar-refractivity contribution is 5.66. The van der Waals surface area contributed by atoms with E-state index in [2.05, 4.69) is 15.2 Å². The van der Waals surface area contributed by atoms with Gasteiger partial charge < -0.3 is 25.0 Å². The number of anilines is 1. The second-order valence-electron chi connectivity index (χ2n) is 9.05. The summed E-state index contributed by atoms with van der Waals surface area (Å²) in [5, 5.41) is 17.5. The van der Waals surface area contributed by atoms with E-state index in [9.17, 15) is 19.1 Å². The smallest absolute Gasteiger partial charge is 0.407 e. The van der Waals surface area contributed by atoms with Gasteiger partial charge >= 0.3 is 6.09 Å². The van der Waals surface area contributed by atoms with E-state index < -0.39 is 18.0 Å². The van der Waals surface area contributed by atoms with E-state index in [0.29, 0.717) is 48.5 Å². The van der Waals surface area contributed by atoms with Crippen LogP contribution in [-0.2, 0) is 0 Å². The summed E-state index contributed by atoms with van der Waals surface area (Å²) in [6.45, 7) is 2.50. The van der Waals surface area contributed by atoms with Crippen molar-refractivity contribution in [3.63, 3.8) is 0 Å². The molecule has 0 saturated carbocycles. The molecule has 1 atom stereocenters. The second-order valence-corrected chi connectivity index (χ2v) is 9.05. The summed E-state index contributed by atoms with van der Waals surface area (Å²) >= 11 is 0. The monoisotopic (exact) mass is 519 g/mol. The number of hydrogen-bond acceptors (Lipinski definition) is 7. The number of piperidine rings is 1. The van der Waals surface area contributed by atoms with Crippen molar-refractivity contribution >= 4 is 11.9 Å². The molecule has 196 valence electrons. The van der Waals surface area contributed by atoms with Gasteiger partial charge in [0, 0.05) is 48.7 Å². The second kappa shape index (κ2) is 10.3. The van der Waals surface area contributed by atoms with Crippen LogP contribution in [0.15, 0.2) is 66.0 Å². The van der Waals surface area contributed by atoms with Crippen molar-refractivity contribution in [2.45, 2.75) is 31.9 Å². The zero-order valence-electron chi connectivity index (χ0n) is 20.6. The van der Waals surface area contributed by atoms with Gasteiger partial charge in [0.25, 0.3) is 5.56 Å². The highest BCUT2D eigenvalue weighted by Gasteiger charge is 2.24. The van der Waals surface area contributed by atoms with Crippen LogP contribution in [0.1, 0.15) is 37.5 Å². The molecule has 0 radical (unpaired) electrons. The van der Waals surface area contributed by atoms with Gasteiger partial charge in [-0.1, -0.05) is 0 Å². The fourth-order valence-electron chi connectivity index (χ4n) is 4.63. The molecular weight excluding hydrogens is 493 g/mol. The Morgan fingerprint density at radius 2 is 1.87 bits per heavy atom. The van der Waals surface area contributed by atoms with Crippen LogP contribution in [0.5, 0.6) is 5.75 Å². The van der Waals surface area contributed by atoms with E-state index in [1.165, 1.54) is 40.3 Å². The van der Waals surface area contributed by atoms with Crippen LogP contribution in [0.4, 0.5) is 15.0 Å². The van der Waals surface area contributed by atoms with Crippen LogP contribution >= 0.6 is 0 Å². The summed E-state index contributed by atoms with van der Waals surface area (Å²) in [7, 11) is 0. The lowest BCUT2D eigenvalue weighted by Crippen LogP contribution is -2.39.